The maximum absolute atomic E-state index is 11.8. The van der Waals surface area contributed by atoms with E-state index in [1.807, 2.05) is 32.9 Å². The van der Waals surface area contributed by atoms with E-state index in [9.17, 15) is 4.79 Å². The van der Waals surface area contributed by atoms with Crippen LogP contribution >= 0.6 is 0 Å². The van der Waals surface area contributed by atoms with Gasteiger partial charge in [-0.3, -0.25) is 4.90 Å². The molecule has 2 rings (SSSR count). The largest absolute Gasteiger partial charge is 0.359 e. The summed E-state index contributed by atoms with van der Waals surface area (Å²) in [5.41, 5.74) is -0.116. The van der Waals surface area contributed by atoms with E-state index in [2.05, 4.69) is 17.1 Å². The number of carbonyl (C=O) groups excluding carboxylic acids is 1. The lowest BCUT2D eigenvalue weighted by Gasteiger charge is -2.18. The summed E-state index contributed by atoms with van der Waals surface area (Å²) in [4.78, 5) is 13.5. The molecule has 1 aromatic heterocycles. The second-order valence-electron chi connectivity index (χ2n) is 5.53. The highest BCUT2D eigenvalue weighted by molar-refractivity contribution is 5.94. The predicted octanol–water partition coefficient (Wildman–Crippen LogP) is 2.45. The average molecular weight is 249 g/mol. The first-order valence-corrected chi connectivity index (χ1v) is 6.08. The molecule has 0 bridgehead atoms. The summed E-state index contributed by atoms with van der Waals surface area (Å²) in [5.74, 6) is 1.34. The number of amides is 2. The third-order valence-electron chi connectivity index (χ3n) is 3.00. The second-order valence-corrected chi connectivity index (χ2v) is 5.53. The van der Waals surface area contributed by atoms with Gasteiger partial charge in [0.2, 0.25) is 0 Å². The molecule has 1 N–H and O–H groups in total. The quantitative estimate of drug-likeness (QED) is 0.837. The lowest BCUT2D eigenvalue weighted by molar-refractivity contribution is 0.251. The van der Waals surface area contributed by atoms with Crippen molar-refractivity contribution in [2.75, 3.05) is 11.4 Å². The van der Waals surface area contributed by atoms with Crippen LogP contribution in [-0.4, -0.2) is 23.8 Å². The summed E-state index contributed by atoms with van der Waals surface area (Å²) in [7, 11) is 0. The summed E-state index contributed by atoms with van der Waals surface area (Å²) in [6.45, 7) is 10.5. The molecule has 5 heteroatoms. The van der Waals surface area contributed by atoms with Gasteiger partial charge in [-0.2, -0.15) is 0 Å². The van der Waals surface area contributed by atoms with E-state index >= 15 is 0 Å². The van der Waals surface area contributed by atoms with E-state index in [-0.39, 0.29) is 17.5 Å². The zero-order valence-electron chi connectivity index (χ0n) is 11.1. The molecule has 1 fully saturated rings. The Morgan fingerprint density at radius 2 is 2.39 bits per heavy atom. The molecule has 2 amide bonds. The molecule has 0 aromatic carbocycles. The van der Waals surface area contributed by atoms with Gasteiger partial charge >= 0.3 is 6.03 Å². The number of hydrogen-bond donors (Lipinski definition) is 1. The van der Waals surface area contributed by atoms with Crippen molar-refractivity contribution in [1.82, 2.24) is 10.5 Å². The number of nitrogens with one attached hydrogen (secondary N) is 1. The smallest absolute Gasteiger partial charge is 0.323 e. The highest BCUT2D eigenvalue weighted by Crippen LogP contribution is 2.28. The molecule has 1 saturated heterocycles. The van der Waals surface area contributed by atoms with Gasteiger partial charge < -0.3 is 9.84 Å². The van der Waals surface area contributed by atoms with E-state index in [4.69, 9.17) is 4.52 Å². The fraction of sp³-hybridized carbons (Fsp3) is 0.538. The Kier molecular flexibility index (Phi) is 3.15. The summed E-state index contributed by atoms with van der Waals surface area (Å²) < 4.78 is 5.32. The number of rotatable bonds is 3. The molecule has 18 heavy (non-hydrogen) atoms. The molecule has 1 aliphatic rings. The van der Waals surface area contributed by atoms with E-state index in [0.717, 1.165) is 12.2 Å². The van der Waals surface area contributed by atoms with Crippen LogP contribution in [0.15, 0.2) is 23.2 Å². The number of nitrogens with zero attached hydrogens (tertiary/aromatic N) is 2. The van der Waals surface area contributed by atoms with Gasteiger partial charge in [0.25, 0.3) is 0 Å². The molecule has 98 valence electrons. The van der Waals surface area contributed by atoms with Crippen molar-refractivity contribution in [2.24, 2.45) is 0 Å². The van der Waals surface area contributed by atoms with E-state index < -0.39 is 0 Å². The van der Waals surface area contributed by atoms with Crippen LogP contribution < -0.4 is 10.2 Å². The van der Waals surface area contributed by atoms with Crippen LogP contribution in [0.5, 0.6) is 0 Å². The minimum Gasteiger partial charge on any atom is -0.359 e. The predicted molar refractivity (Wildman–Crippen MR) is 69.7 cm³/mol. The number of carbonyl (C=O) groups is 1. The Balaban J connectivity index is 2.26. The van der Waals surface area contributed by atoms with Crippen molar-refractivity contribution in [1.29, 1.82) is 0 Å². The van der Waals surface area contributed by atoms with Crippen molar-refractivity contribution >= 4 is 11.8 Å². The van der Waals surface area contributed by atoms with Crippen LogP contribution in [0.4, 0.5) is 10.6 Å². The number of anilines is 1. The van der Waals surface area contributed by atoms with E-state index in [1.165, 1.54) is 0 Å². The second kappa shape index (κ2) is 4.48. The fourth-order valence-corrected chi connectivity index (χ4v) is 1.95. The molecule has 0 spiro atoms. The summed E-state index contributed by atoms with van der Waals surface area (Å²) in [5, 5.41) is 6.81. The van der Waals surface area contributed by atoms with E-state index in [1.54, 1.807) is 4.90 Å². The van der Waals surface area contributed by atoms with Gasteiger partial charge in [0.05, 0.1) is 6.04 Å². The van der Waals surface area contributed by atoms with Crippen LogP contribution in [-0.2, 0) is 5.41 Å². The fourth-order valence-electron chi connectivity index (χ4n) is 1.95. The normalized spacial score (nSPS) is 20.1. The minimum absolute atomic E-state index is 0.0629. The Morgan fingerprint density at radius 3 is 2.94 bits per heavy atom. The lowest BCUT2D eigenvalue weighted by Crippen LogP contribution is -2.34. The average Bonchev–Trinajstić information content (AvgIpc) is 2.85. The zero-order chi connectivity index (χ0) is 13.3. The maximum Gasteiger partial charge on any atom is 0.323 e. The molecule has 1 aliphatic heterocycles. The first kappa shape index (κ1) is 12.7. The molecular formula is C13H19N3O2. The molecule has 2 heterocycles. The molecule has 0 radical (unpaired) electrons. The molecule has 0 saturated carbocycles. The molecule has 0 aliphatic carbocycles. The van der Waals surface area contributed by atoms with Crippen LogP contribution in [0.2, 0.25) is 0 Å². The minimum atomic E-state index is -0.129. The molecule has 5 nitrogen and oxygen atoms in total. The van der Waals surface area contributed by atoms with Crippen LogP contribution in [0.1, 0.15) is 33.0 Å². The third-order valence-corrected chi connectivity index (χ3v) is 3.00. The summed E-state index contributed by atoms with van der Waals surface area (Å²) >= 11 is 0. The molecule has 1 aromatic rings. The molecule has 1 atom stereocenters. The third kappa shape index (κ3) is 2.25. The Morgan fingerprint density at radius 1 is 1.67 bits per heavy atom. The van der Waals surface area contributed by atoms with Crippen molar-refractivity contribution < 1.29 is 9.32 Å². The standard InChI is InChI=1S/C13H19N3O2/c1-5-6-9-8-14-12(17)16(9)11-7-10(18-15-11)13(2,3)4/h5,7,9H,1,6,8H2,2-4H3,(H,14,17). The monoisotopic (exact) mass is 249 g/mol. The first-order chi connectivity index (χ1) is 8.43. The van der Waals surface area contributed by atoms with Crippen molar-refractivity contribution in [3.05, 3.63) is 24.5 Å². The molecule has 1 unspecified atom stereocenters. The summed E-state index contributed by atoms with van der Waals surface area (Å²) in [6, 6.07) is 1.77. The zero-order valence-corrected chi connectivity index (χ0v) is 11.1. The topological polar surface area (TPSA) is 58.4 Å². The Bertz CT molecular complexity index is 459. The van der Waals surface area contributed by atoms with Crippen LogP contribution in [0.3, 0.4) is 0 Å². The first-order valence-electron chi connectivity index (χ1n) is 6.08. The van der Waals surface area contributed by atoms with Crippen molar-refractivity contribution in [2.45, 2.75) is 38.6 Å². The SMILES string of the molecule is C=CCC1CNC(=O)N1c1cc(C(C)(C)C)on1. The van der Waals surface area contributed by atoms with Gasteiger partial charge in [-0.05, 0) is 6.42 Å². The van der Waals surface area contributed by atoms with Gasteiger partial charge in [0.1, 0.15) is 5.76 Å². The Labute approximate surface area is 107 Å². The van der Waals surface area contributed by atoms with Crippen LogP contribution in [0, 0.1) is 0 Å². The number of aromatic nitrogens is 1. The highest BCUT2D eigenvalue weighted by Gasteiger charge is 2.34. The van der Waals surface area contributed by atoms with Crippen molar-refractivity contribution in [3.8, 4) is 0 Å². The van der Waals surface area contributed by atoms with Gasteiger partial charge in [-0.15, -0.1) is 6.58 Å². The van der Waals surface area contributed by atoms with Crippen molar-refractivity contribution in [3.63, 3.8) is 0 Å². The van der Waals surface area contributed by atoms with Crippen LogP contribution in [0.25, 0.3) is 0 Å². The highest BCUT2D eigenvalue weighted by atomic mass is 16.5. The van der Waals surface area contributed by atoms with Gasteiger partial charge in [0.15, 0.2) is 5.82 Å². The maximum atomic E-state index is 11.8. The number of hydrogen-bond acceptors (Lipinski definition) is 3. The Hall–Kier alpha value is -1.78. The van der Waals surface area contributed by atoms with Gasteiger partial charge in [-0.1, -0.05) is 32.0 Å². The molecular weight excluding hydrogens is 230 g/mol. The summed E-state index contributed by atoms with van der Waals surface area (Å²) in [6.07, 6.45) is 2.54. The van der Waals surface area contributed by atoms with Gasteiger partial charge in [-0.25, -0.2) is 4.79 Å². The number of urea groups is 1. The van der Waals surface area contributed by atoms with Gasteiger partial charge in [0, 0.05) is 18.0 Å². The lowest BCUT2D eigenvalue weighted by atomic mass is 9.93. The van der Waals surface area contributed by atoms with E-state index in [0.29, 0.717) is 12.4 Å².